The van der Waals surface area contributed by atoms with Crippen LogP contribution in [0.4, 0.5) is 11.4 Å². The number of hydrogen-bond acceptors (Lipinski definition) is 3. The van der Waals surface area contributed by atoms with Crippen LogP contribution in [-0.4, -0.2) is 5.91 Å². The van der Waals surface area contributed by atoms with Crippen molar-refractivity contribution in [2.45, 2.75) is 13.8 Å². The Morgan fingerprint density at radius 1 is 1.21 bits per heavy atom. The molecule has 6 heteroatoms. The smallest absolute Gasteiger partial charge is 0.267 e. The monoisotopic (exact) mass is 359 g/mol. The minimum atomic E-state index is -0.534. The summed E-state index contributed by atoms with van der Waals surface area (Å²) in [6.07, 6.45) is 1.34. The van der Waals surface area contributed by atoms with Gasteiger partial charge in [-0.3, -0.25) is 4.79 Å². The van der Waals surface area contributed by atoms with Gasteiger partial charge >= 0.3 is 0 Å². The summed E-state index contributed by atoms with van der Waals surface area (Å²) in [6.45, 7) is 3.84. The summed E-state index contributed by atoms with van der Waals surface area (Å²) in [6, 6.07) is 12.3. The number of carbonyl (C=O) groups excluding carboxylic acids is 1. The molecular weight excluding hydrogens is 345 g/mol. The van der Waals surface area contributed by atoms with Crippen molar-refractivity contribution in [2.75, 3.05) is 10.6 Å². The number of aryl methyl sites for hydroxylation is 2. The van der Waals surface area contributed by atoms with Gasteiger partial charge in [0.05, 0.1) is 10.7 Å². The lowest BCUT2D eigenvalue weighted by Gasteiger charge is -2.10. The average Bonchev–Trinajstić information content (AvgIpc) is 2.49. The van der Waals surface area contributed by atoms with Crippen LogP contribution in [0.1, 0.15) is 11.1 Å². The van der Waals surface area contributed by atoms with Crippen molar-refractivity contribution in [3.8, 4) is 6.07 Å². The summed E-state index contributed by atoms with van der Waals surface area (Å²) >= 11 is 12.1. The maximum atomic E-state index is 12.2. The third kappa shape index (κ3) is 4.51. The van der Waals surface area contributed by atoms with Crippen LogP contribution < -0.4 is 10.6 Å². The number of carbonyl (C=O) groups is 1. The van der Waals surface area contributed by atoms with E-state index in [-0.39, 0.29) is 5.57 Å². The molecule has 0 fully saturated rings. The highest BCUT2D eigenvalue weighted by Gasteiger charge is 2.11. The Morgan fingerprint density at radius 2 is 1.96 bits per heavy atom. The van der Waals surface area contributed by atoms with E-state index in [1.165, 1.54) is 6.20 Å². The Balaban J connectivity index is 2.18. The second-order valence-electron chi connectivity index (χ2n) is 5.22. The molecular formula is C18H15Cl2N3O. The van der Waals surface area contributed by atoms with Gasteiger partial charge in [-0.25, -0.2) is 0 Å². The number of nitriles is 1. The highest BCUT2D eigenvalue weighted by Crippen LogP contribution is 2.27. The third-order valence-electron chi connectivity index (χ3n) is 3.24. The molecule has 0 bridgehead atoms. The first kappa shape index (κ1) is 17.9. The third-order valence-corrected chi connectivity index (χ3v) is 3.77. The molecule has 0 aromatic heterocycles. The van der Waals surface area contributed by atoms with Crippen LogP contribution in [0.5, 0.6) is 0 Å². The van der Waals surface area contributed by atoms with E-state index in [0.717, 1.165) is 11.1 Å². The molecule has 0 saturated heterocycles. The van der Waals surface area contributed by atoms with Crippen molar-refractivity contribution < 1.29 is 4.79 Å². The fourth-order valence-electron chi connectivity index (χ4n) is 2.16. The standard InChI is InChI=1S/C18H15Cl2N3O/c1-11-6-12(2)17(16(20)7-11)22-10-13(9-21)18(24)23-15-5-3-4-14(19)8-15/h3-8,10,22H,1-2H3,(H,23,24)/b13-10-. The van der Waals surface area contributed by atoms with Gasteiger partial charge in [-0.05, 0) is 49.2 Å². The molecule has 0 heterocycles. The van der Waals surface area contributed by atoms with Gasteiger partial charge in [0, 0.05) is 16.9 Å². The normalized spacial score (nSPS) is 10.9. The number of nitrogens with one attached hydrogen (secondary N) is 2. The maximum Gasteiger partial charge on any atom is 0.267 e. The number of anilines is 2. The van der Waals surface area contributed by atoms with Crippen LogP contribution >= 0.6 is 23.2 Å². The van der Waals surface area contributed by atoms with Crippen molar-refractivity contribution in [2.24, 2.45) is 0 Å². The van der Waals surface area contributed by atoms with Crippen LogP contribution in [0, 0.1) is 25.2 Å². The molecule has 2 aromatic carbocycles. The van der Waals surface area contributed by atoms with E-state index in [2.05, 4.69) is 10.6 Å². The second kappa shape index (κ2) is 7.87. The van der Waals surface area contributed by atoms with Gasteiger partial charge in [0.25, 0.3) is 5.91 Å². The molecule has 1 amide bonds. The molecule has 24 heavy (non-hydrogen) atoms. The highest BCUT2D eigenvalue weighted by atomic mass is 35.5. The Hall–Kier alpha value is -2.48. The number of rotatable bonds is 4. The first-order chi connectivity index (χ1) is 11.4. The maximum absolute atomic E-state index is 12.2. The largest absolute Gasteiger partial charge is 0.359 e. The van der Waals surface area contributed by atoms with E-state index in [1.807, 2.05) is 32.0 Å². The van der Waals surface area contributed by atoms with E-state index in [4.69, 9.17) is 23.2 Å². The van der Waals surface area contributed by atoms with E-state index in [0.29, 0.717) is 21.4 Å². The van der Waals surface area contributed by atoms with Gasteiger partial charge in [0.2, 0.25) is 0 Å². The Labute approximate surface area is 150 Å². The molecule has 2 N–H and O–H groups in total. The summed E-state index contributed by atoms with van der Waals surface area (Å²) in [5, 5.41) is 15.8. The van der Waals surface area contributed by atoms with E-state index in [9.17, 15) is 10.1 Å². The second-order valence-corrected chi connectivity index (χ2v) is 6.06. The molecule has 0 saturated carbocycles. The quantitative estimate of drug-likeness (QED) is 0.591. The summed E-state index contributed by atoms with van der Waals surface area (Å²) in [4.78, 5) is 12.2. The first-order valence-electron chi connectivity index (χ1n) is 7.11. The van der Waals surface area contributed by atoms with Crippen molar-refractivity contribution in [3.63, 3.8) is 0 Å². The lowest BCUT2D eigenvalue weighted by atomic mass is 10.1. The molecule has 2 aromatic rings. The molecule has 0 atom stereocenters. The molecule has 4 nitrogen and oxygen atoms in total. The molecule has 0 spiro atoms. The first-order valence-corrected chi connectivity index (χ1v) is 7.87. The van der Waals surface area contributed by atoms with Crippen LogP contribution in [0.2, 0.25) is 10.0 Å². The van der Waals surface area contributed by atoms with Gasteiger partial charge in [0.1, 0.15) is 11.6 Å². The number of hydrogen-bond donors (Lipinski definition) is 2. The fraction of sp³-hybridized carbons (Fsp3) is 0.111. The van der Waals surface area contributed by atoms with E-state index in [1.54, 1.807) is 24.3 Å². The Bertz CT molecular complexity index is 831. The predicted octanol–water partition coefficient (Wildman–Crippen LogP) is 5.07. The zero-order chi connectivity index (χ0) is 17.7. The van der Waals surface area contributed by atoms with Gasteiger partial charge in [-0.15, -0.1) is 0 Å². The average molecular weight is 360 g/mol. The summed E-state index contributed by atoms with van der Waals surface area (Å²) < 4.78 is 0. The van der Waals surface area contributed by atoms with Crippen molar-refractivity contribution in [3.05, 3.63) is 69.3 Å². The van der Waals surface area contributed by atoms with Gasteiger partial charge in [-0.2, -0.15) is 5.26 Å². The molecule has 2 rings (SSSR count). The Morgan fingerprint density at radius 3 is 2.58 bits per heavy atom. The zero-order valence-electron chi connectivity index (χ0n) is 13.2. The molecule has 0 unspecified atom stereocenters. The number of benzene rings is 2. The topological polar surface area (TPSA) is 64.9 Å². The highest BCUT2D eigenvalue weighted by molar-refractivity contribution is 6.33. The van der Waals surface area contributed by atoms with Gasteiger partial charge < -0.3 is 10.6 Å². The van der Waals surface area contributed by atoms with Crippen LogP contribution in [0.15, 0.2) is 48.2 Å². The number of nitrogens with zero attached hydrogens (tertiary/aromatic N) is 1. The van der Waals surface area contributed by atoms with Crippen LogP contribution in [-0.2, 0) is 4.79 Å². The minimum absolute atomic E-state index is 0.0778. The molecule has 0 aliphatic rings. The minimum Gasteiger partial charge on any atom is -0.359 e. The summed E-state index contributed by atoms with van der Waals surface area (Å²) in [5.41, 5.74) is 3.05. The van der Waals surface area contributed by atoms with E-state index >= 15 is 0 Å². The lowest BCUT2D eigenvalue weighted by molar-refractivity contribution is -0.112. The zero-order valence-corrected chi connectivity index (χ0v) is 14.7. The molecule has 122 valence electrons. The Kier molecular flexibility index (Phi) is 5.86. The van der Waals surface area contributed by atoms with Crippen molar-refractivity contribution in [1.29, 1.82) is 5.26 Å². The predicted molar refractivity (Wildman–Crippen MR) is 98.3 cm³/mol. The number of halogens is 2. The van der Waals surface area contributed by atoms with Gasteiger partial charge in [0.15, 0.2) is 0 Å². The van der Waals surface area contributed by atoms with Crippen molar-refractivity contribution in [1.82, 2.24) is 0 Å². The van der Waals surface area contributed by atoms with Crippen LogP contribution in [0.25, 0.3) is 0 Å². The lowest BCUT2D eigenvalue weighted by Crippen LogP contribution is -2.14. The molecule has 0 aliphatic heterocycles. The summed E-state index contributed by atoms with van der Waals surface area (Å²) in [5.74, 6) is -0.534. The molecule has 0 aliphatic carbocycles. The number of amides is 1. The van der Waals surface area contributed by atoms with Gasteiger partial charge in [-0.1, -0.05) is 35.3 Å². The van der Waals surface area contributed by atoms with Crippen LogP contribution in [0.3, 0.4) is 0 Å². The van der Waals surface area contributed by atoms with Crippen molar-refractivity contribution >= 4 is 40.5 Å². The molecule has 0 radical (unpaired) electrons. The van der Waals surface area contributed by atoms with E-state index < -0.39 is 5.91 Å². The fourth-order valence-corrected chi connectivity index (χ4v) is 2.72. The summed E-state index contributed by atoms with van der Waals surface area (Å²) in [7, 11) is 0. The SMILES string of the molecule is Cc1cc(C)c(N/C=C(/C#N)C(=O)Nc2cccc(Cl)c2)c(Cl)c1.